The summed E-state index contributed by atoms with van der Waals surface area (Å²) in [6.45, 7) is 1.84. The van der Waals surface area contributed by atoms with Gasteiger partial charge in [0.1, 0.15) is 0 Å². The van der Waals surface area contributed by atoms with Crippen LogP contribution in [0.25, 0.3) is 5.52 Å². The van der Waals surface area contributed by atoms with Crippen molar-refractivity contribution in [2.75, 3.05) is 7.11 Å². The minimum absolute atomic E-state index is 0.240. The molecule has 0 aliphatic heterocycles. The molecule has 0 fully saturated rings. The monoisotopic (exact) mass is 361 g/mol. The summed E-state index contributed by atoms with van der Waals surface area (Å²) in [5.41, 5.74) is 2.74. The van der Waals surface area contributed by atoms with Crippen LogP contribution < -0.4 is 0 Å². The molecule has 0 bridgehead atoms. The molecule has 0 atom stereocenters. The smallest absolute Gasteiger partial charge is 0.339 e. The van der Waals surface area contributed by atoms with Gasteiger partial charge in [0, 0.05) is 22.3 Å². The van der Waals surface area contributed by atoms with Gasteiger partial charge in [-0.05, 0) is 48.9 Å². The van der Waals surface area contributed by atoms with Gasteiger partial charge in [-0.15, -0.1) is 0 Å². The van der Waals surface area contributed by atoms with Crippen molar-refractivity contribution < 1.29 is 14.3 Å². The SMILES string of the molecule is COC(=O)c1ccc2cc(C)c(C(=O)c3ccc(Cl)cc3Cl)n2c1. The average molecular weight is 362 g/mol. The molecule has 0 aliphatic carbocycles. The second kappa shape index (κ2) is 6.30. The van der Waals surface area contributed by atoms with Crippen molar-refractivity contribution >= 4 is 40.5 Å². The number of carbonyl (C=O) groups is 2. The van der Waals surface area contributed by atoms with Crippen LogP contribution in [0.1, 0.15) is 32.0 Å². The minimum Gasteiger partial charge on any atom is -0.465 e. The number of pyridine rings is 1. The maximum absolute atomic E-state index is 13.0. The molecule has 0 amide bonds. The van der Waals surface area contributed by atoms with Crippen molar-refractivity contribution in [2.45, 2.75) is 6.92 Å². The molecule has 24 heavy (non-hydrogen) atoms. The maximum atomic E-state index is 13.0. The number of esters is 1. The van der Waals surface area contributed by atoms with Crippen molar-refractivity contribution in [3.8, 4) is 0 Å². The first-order chi connectivity index (χ1) is 11.4. The van der Waals surface area contributed by atoms with Gasteiger partial charge in [0.25, 0.3) is 0 Å². The van der Waals surface area contributed by atoms with E-state index < -0.39 is 5.97 Å². The number of benzene rings is 1. The number of fused-ring (bicyclic) bond motifs is 1. The molecule has 2 aromatic heterocycles. The van der Waals surface area contributed by atoms with Crippen LogP contribution in [0.15, 0.2) is 42.6 Å². The molecule has 0 radical (unpaired) electrons. The van der Waals surface area contributed by atoms with Crippen molar-refractivity contribution in [3.63, 3.8) is 0 Å². The summed E-state index contributed by atoms with van der Waals surface area (Å²) in [4.78, 5) is 24.7. The molecule has 0 aliphatic rings. The first-order valence-corrected chi connectivity index (χ1v) is 7.87. The van der Waals surface area contributed by atoms with Crippen LogP contribution in [0.4, 0.5) is 0 Å². The average Bonchev–Trinajstić information content (AvgIpc) is 2.88. The van der Waals surface area contributed by atoms with Crippen molar-refractivity contribution in [2.24, 2.45) is 0 Å². The number of ether oxygens (including phenoxy) is 1. The molecule has 0 spiro atoms. The van der Waals surface area contributed by atoms with Crippen LogP contribution in [0.3, 0.4) is 0 Å². The summed E-state index contributed by atoms with van der Waals surface area (Å²) < 4.78 is 6.41. The Kier molecular flexibility index (Phi) is 4.35. The molecule has 0 unspecified atom stereocenters. The lowest BCUT2D eigenvalue weighted by Crippen LogP contribution is -2.09. The number of aromatic nitrogens is 1. The number of halogens is 2. The van der Waals surface area contributed by atoms with Crippen LogP contribution in [0, 0.1) is 6.92 Å². The van der Waals surface area contributed by atoms with E-state index in [4.69, 9.17) is 27.9 Å². The molecule has 3 rings (SSSR count). The predicted molar refractivity (Wildman–Crippen MR) is 93.4 cm³/mol. The van der Waals surface area contributed by atoms with Gasteiger partial charge in [0.15, 0.2) is 0 Å². The molecule has 3 aromatic rings. The molecule has 2 heterocycles. The molecule has 6 heteroatoms. The molecular formula is C18H13Cl2NO3. The van der Waals surface area contributed by atoms with Gasteiger partial charge in [-0.3, -0.25) is 4.79 Å². The summed E-state index contributed by atoms with van der Waals surface area (Å²) >= 11 is 12.1. The van der Waals surface area contributed by atoms with E-state index in [0.29, 0.717) is 21.8 Å². The second-order valence-electron chi connectivity index (χ2n) is 5.33. The van der Waals surface area contributed by atoms with Crippen LogP contribution >= 0.6 is 23.2 Å². The van der Waals surface area contributed by atoms with Crippen LogP contribution in [0.5, 0.6) is 0 Å². The Balaban J connectivity index is 2.19. The van der Waals surface area contributed by atoms with Gasteiger partial charge in [-0.25, -0.2) is 4.79 Å². The van der Waals surface area contributed by atoms with E-state index >= 15 is 0 Å². The third kappa shape index (κ3) is 2.79. The Morgan fingerprint density at radius 2 is 1.83 bits per heavy atom. The molecule has 122 valence electrons. The number of hydrogen-bond acceptors (Lipinski definition) is 3. The number of ketones is 1. The second-order valence-corrected chi connectivity index (χ2v) is 6.18. The lowest BCUT2D eigenvalue weighted by atomic mass is 10.1. The van der Waals surface area contributed by atoms with E-state index in [-0.39, 0.29) is 10.8 Å². The fourth-order valence-corrected chi connectivity index (χ4v) is 3.13. The van der Waals surface area contributed by atoms with Crippen molar-refractivity contribution in [1.29, 1.82) is 0 Å². The van der Waals surface area contributed by atoms with E-state index in [1.54, 1.807) is 34.9 Å². The molecule has 0 saturated carbocycles. The number of hydrogen-bond donors (Lipinski definition) is 0. The van der Waals surface area contributed by atoms with Gasteiger partial charge in [-0.1, -0.05) is 23.2 Å². The summed E-state index contributed by atoms with van der Waals surface area (Å²) in [5.74, 6) is -0.706. The highest BCUT2D eigenvalue weighted by atomic mass is 35.5. The van der Waals surface area contributed by atoms with Crippen molar-refractivity contribution in [1.82, 2.24) is 4.40 Å². The lowest BCUT2D eigenvalue weighted by molar-refractivity contribution is 0.0600. The van der Waals surface area contributed by atoms with E-state index in [1.807, 2.05) is 13.0 Å². The standard InChI is InChI=1S/C18H13Cl2NO3/c1-10-7-13-5-3-11(18(23)24-2)9-21(13)16(10)17(22)14-6-4-12(19)8-15(14)20/h3-9H,1-2H3. The highest BCUT2D eigenvalue weighted by Gasteiger charge is 2.20. The fourth-order valence-electron chi connectivity index (χ4n) is 2.63. The summed E-state index contributed by atoms with van der Waals surface area (Å²) in [5, 5.41) is 0.743. The Morgan fingerprint density at radius 1 is 1.08 bits per heavy atom. The number of rotatable bonds is 3. The highest BCUT2D eigenvalue weighted by Crippen LogP contribution is 2.26. The number of methoxy groups -OCH3 is 1. The summed E-state index contributed by atoms with van der Waals surface area (Å²) in [6, 6.07) is 10.0. The predicted octanol–water partition coefficient (Wildman–Crippen LogP) is 4.57. The van der Waals surface area contributed by atoms with Crippen LogP contribution in [-0.4, -0.2) is 23.3 Å². The van der Waals surface area contributed by atoms with Gasteiger partial charge in [0.05, 0.1) is 23.4 Å². The fraction of sp³-hybridized carbons (Fsp3) is 0.111. The van der Waals surface area contributed by atoms with Gasteiger partial charge in [0.2, 0.25) is 5.78 Å². The minimum atomic E-state index is -0.467. The van der Waals surface area contributed by atoms with Gasteiger partial charge in [-0.2, -0.15) is 0 Å². The topological polar surface area (TPSA) is 47.8 Å². The highest BCUT2D eigenvalue weighted by molar-refractivity contribution is 6.37. The van der Waals surface area contributed by atoms with E-state index in [0.717, 1.165) is 11.1 Å². The van der Waals surface area contributed by atoms with Crippen LogP contribution in [-0.2, 0) is 4.74 Å². The maximum Gasteiger partial charge on any atom is 0.339 e. The number of carbonyl (C=O) groups excluding carboxylic acids is 2. The quantitative estimate of drug-likeness (QED) is 0.507. The Morgan fingerprint density at radius 3 is 2.50 bits per heavy atom. The Labute approximate surface area is 148 Å². The van der Waals surface area contributed by atoms with E-state index in [2.05, 4.69) is 0 Å². The normalized spacial score (nSPS) is 10.8. The zero-order valence-electron chi connectivity index (χ0n) is 13.0. The van der Waals surface area contributed by atoms with Gasteiger partial charge < -0.3 is 9.14 Å². The molecule has 4 nitrogen and oxygen atoms in total. The molecule has 0 N–H and O–H groups in total. The van der Waals surface area contributed by atoms with Crippen LogP contribution in [0.2, 0.25) is 10.0 Å². The third-order valence-electron chi connectivity index (χ3n) is 3.77. The van der Waals surface area contributed by atoms with Gasteiger partial charge >= 0.3 is 5.97 Å². The summed E-state index contributed by atoms with van der Waals surface area (Å²) in [6.07, 6.45) is 1.59. The molecule has 1 aromatic carbocycles. The molecule has 0 saturated heterocycles. The Hall–Kier alpha value is -2.30. The number of nitrogens with zero attached hydrogens (tertiary/aromatic N) is 1. The van der Waals surface area contributed by atoms with E-state index in [1.165, 1.54) is 13.2 Å². The number of aryl methyl sites for hydroxylation is 1. The van der Waals surface area contributed by atoms with Crippen molar-refractivity contribution in [3.05, 3.63) is 75.0 Å². The first-order valence-electron chi connectivity index (χ1n) is 7.12. The first kappa shape index (κ1) is 16.6. The molecular weight excluding hydrogens is 349 g/mol. The third-order valence-corrected chi connectivity index (χ3v) is 4.32. The zero-order chi connectivity index (χ0) is 17.4. The zero-order valence-corrected chi connectivity index (χ0v) is 14.5. The van der Waals surface area contributed by atoms with E-state index in [9.17, 15) is 9.59 Å². The largest absolute Gasteiger partial charge is 0.465 e. The lowest BCUT2D eigenvalue weighted by Gasteiger charge is -2.08. The Bertz CT molecular complexity index is 976. The summed E-state index contributed by atoms with van der Waals surface area (Å²) in [7, 11) is 1.31.